The van der Waals surface area contributed by atoms with Crippen molar-refractivity contribution in [3.8, 4) is 0 Å². The topological polar surface area (TPSA) is 105 Å². The molecule has 3 rings (SSSR count). The summed E-state index contributed by atoms with van der Waals surface area (Å²) in [5.74, 6) is 1.34. The zero-order chi connectivity index (χ0) is 21.7. The van der Waals surface area contributed by atoms with Crippen LogP contribution >= 0.6 is 0 Å². The zero-order valence-corrected chi connectivity index (χ0v) is 18.7. The molecule has 170 valence electrons. The number of likely N-dealkylation sites (tertiary alicyclic amines) is 1. The molecule has 0 aromatic carbocycles. The average Bonchev–Trinajstić information content (AvgIpc) is 3.22. The molecule has 3 fully saturated rings. The number of nitrogens with two attached hydrogens (primary N) is 1. The van der Waals surface area contributed by atoms with Crippen molar-refractivity contribution in [2.24, 2.45) is 23.5 Å². The van der Waals surface area contributed by atoms with Crippen LogP contribution < -0.4 is 16.4 Å². The van der Waals surface area contributed by atoms with Crippen molar-refractivity contribution >= 4 is 17.7 Å². The van der Waals surface area contributed by atoms with Crippen molar-refractivity contribution in [1.29, 1.82) is 0 Å². The van der Waals surface area contributed by atoms with E-state index in [1.165, 1.54) is 32.1 Å². The van der Waals surface area contributed by atoms with E-state index in [1.54, 1.807) is 4.90 Å². The summed E-state index contributed by atoms with van der Waals surface area (Å²) in [6.07, 6.45) is 10.6. The van der Waals surface area contributed by atoms with Gasteiger partial charge in [0.1, 0.15) is 12.1 Å². The fraction of sp³-hybridized carbons (Fsp3) is 0.870. The second-order valence-corrected chi connectivity index (χ2v) is 9.96. The molecule has 7 heteroatoms. The molecule has 4 N–H and O–H groups in total. The summed E-state index contributed by atoms with van der Waals surface area (Å²) < 4.78 is 0. The van der Waals surface area contributed by atoms with Gasteiger partial charge in [-0.05, 0) is 56.3 Å². The lowest BCUT2D eigenvalue weighted by Crippen LogP contribution is -2.55. The highest BCUT2D eigenvalue weighted by molar-refractivity contribution is 5.92. The molecule has 7 nitrogen and oxygen atoms in total. The number of amides is 3. The SMILES string of the molecule is CC(C)CC(NC(=O)C1CCCN1C(=O)CN)C(=O)NC1CCC2CCCCC2C1. The van der Waals surface area contributed by atoms with Gasteiger partial charge in [0.2, 0.25) is 17.7 Å². The van der Waals surface area contributed by atoms with E-state index < -0.39 is 12.1 Å². The fourth-order valence-electron chi connectivity index (χ4n) is 5.73. The van der Waals surface area contributed by atoms with E-state index in [4.69, 9.17) is 5.73 Å². The van der Waals surface area contributed by atoms with Crippen LogP contribution in [-0.4, -0.2) is 53.8 Å². The van der Waals surface area contributed by atoms with Crippen LogP contribution in [0.1, 0.15) is 78.1 Å². The zero-order valence-electron chi connectivity index (χ0n) is 18.7. The van der Waals surface area contributed by atoms with Crippen molar-refractivity contribution in [2.75, 3.05) is 13.1 Å². The highest BCUT2D eigenvalue weighted by atomic mass is 16.2. The predicted octanol–water partition coefficient (Wildman–Crippen LogP) is 1.94. The minimum absolute atomic E-state index is 0.0778. The highest BCUT2D eigenvalue weighted by Crippen LogP contribution is 2.40. The van der Waals surface area contributed by atoms with E-state index in [9.17, 15) is 14.4 Å². The van der Waals surface area contributed by atoms with Crippen LogP contribution in [0.25, 0.3) is 0 Å². The summed E-state index contributed by atoms with van der Waals surface area (Å²) >= 11 is 0. The molecule has 1 saturated heterocycles. The van der Waals surface area contributed by atoms with Crippen LogP contribution in [0.4, 0.5) is 0 Å². The van der Waals surface area contributed by atoms with Crippen molar-refractivity contribution in [3.05, 3.63) is 0 Å². The van der Waals surface area contributed by atoms with Crippen molar-refractivity contribution in [1.82, 2.24) is 15.5 Å². The maximum atomic E-state index is 13.1. The Labute approximate surface area is 180 Å². The number of fused-ring (bicyclic) bond motifs is 1. The molecule has 1 heterocycles. The van der Waals surface area contributed by atoms with Crippen LogP contribution in [0, 0.1) is 17.8 Å². The van der Waals surface area contributed by atoms with E-state index in [0.29, 0.717) is 19.4 Å². The Morgan fingerprint density at radius 2 is 1.73 bits per heavy atom. The number of nitrogens with one attached hydrogen (secondary N) is 2. The van der Waals surface area contributed by atoms with Gasteiger partial charge in [0.25, 0.3) is 0 Å². The fourth-order valence-corrected chi connectivity index (χ4v) is 5.73. The molecule has 0 radical (unpaired) electrons. The summed E-state index contributed by atoms with van der Waals surface area (Å²) in [6.45, 7) is 4.57. The molecule has 5 unspecified atom stereocenters. The Morgan fingerprint density at radius 3 is 2.43 bits per heavy atom. The molecule has 3 amide bonds. The predicted molar refractivity (Wildman–Crippen MR) is 116 cm³/mol. The van der Waals surface area contributed by atoms with Gasteiger partial charge in [0.15, 0.2) is 0 Å². The maximum Gasteiger partial charge on any atom is 0.243 e. The summed E-state index contributed by atoms with van der Waals surface area (Å²) in [7, 11) is 0. The van der Waals surface area contributed by atoms with E-state index in [-0.39, 0.29) is 36.2 Å². The Kier molecular flexibility index (Phi) is 8.14. The minimum Gasteiger partial charge on any atom is -0.352 e. The first-order valence-corrected chi connectivity index (χ1v) is 12.0. The first-order chi connectivity index (χ1) is 14.4. The number of rotatable bonds is 7. The number of carbonyl (C=O) groups is 3. The first kappa shape index (κ1) is 23.0. The normalized spacial score (nSPS) is 29.9. The van der Waals surface area contributed by atoms with Gasteiger partial charge in [-0.2, -0.15) is 0 Å². The highest BCUT2D eigenvalue weighted by Gasteiger charge is 2.37. The first-order valence-electron chi connectivity index (χ1n) is 12.0. The third kappa shape index (κ3) is 5.74. The lowest BCUT2D eigenvalue weighted by atomic mass is 9.69. The van der Waals surface area contributed by atoms with Gasteiger partial charge in [-0.15, -0.1) is 0 Å². The van der Waals surface area contributed by atoms with Crippen molar-refractivity contribution < 1.29 is 14.4 Å². The smallest absolute Gasteiger partial charge is 0.243 e. The monoisotopic (exact) mass is 420 g/mol. The lowest BCUT2D eigenvalue weighted by molar-refractivity contribution is -0.138. The van der Waals surface area contributed by atoms with Crippen LogP contribution in [0.5, 0.6) is 0 Å². The maximum absolute atomic E-state index is 13.1. The Morgan fingerprint density at radius 1 is 1.00 bits per heavy atom. The third-order valence-corrected chi connectivity index (χ3v) is 7.28. The molecule has 5 atom stereocenters. The average molecular weight is 421 g/mol. The molecular weight excluding hydrogens is 380 g/mol. The van der Waals surface area contributed by atoms with E-state index >= 15 is 0 Å². The Bertz CT molecular complexity index is 624. The molecular formula is C23H40N4O3. The van der Waals surface area contributed by atoms with Crippen molar-refractivity contribution in [2.45, 2.75) is 96.2 Å². The molecule has 0 bridgehead atoms. The van der Waals surface area contributed by atoms with Crippen LogP contribution in [0.2, 0.25) is 0 Å². The molecule has 0 spiro atoms. The van der Waals surface area contributed by atoms with Crippen LogP contribution in [0.15, 0.2) is 0 Å². The largest absolute Gasteiger partial charge is 0.352 e. The number of carbonyl (C=O) groups excluding carboxylic acids is 3. The number of hydrogen-bond donors (Lipinski definition) is 3. The second-order valence-electron chi connectivity index (χ2n) is 9.96. The summed E-state index contributed by atoms with van der Waals surface area (Å²) in [4.78, 5) is 39.6. The van der Waals surface area contributed by atoms with Crippen LogP contribution in [0.3, 0.4) is 0 Å². The van der Waals surface area contributed by atoms with Gasteiger partial charge in [-0.3, -0.25) is 14.4 Å². The Hall–Kier alpha value is -1.63. The molecule has 1 aliphatic heterocycles. The Balaban J connectivity index is 1.58. The summed E-state index contributed by atoms with van der Waals surface area (Å²) in [5.41, 5.74) is 5.49. The van der Waals surface area contributed by atoms with Gasteiger partial charge < -0.3 is 21.3 Å². The van der Waals surface area contributed by atoms with Crippen LogP contribution in [-0.2, 0) is 14.4 Å². The number of hydrogen-bond acceptors (Lipinski definition) is 4. The van der Waals surface area contributed by atoms with Gasteiger partial charge in [0.05, 0.1) is 6.54 Å². The lowest BCUT2D eigenvalue weighted by Gasteiger charge is -2.40. The van der Waals surface area contributed by atoms with Gasteiger partial charge in [-0.1, -0.05) is 39.5 Å². The van der Waals surface area contributed by atoms with E-state index in [1.807, 2.05) is 0 Å². The summed E-state index contributed by atoms with van der Waals surface area (Å²) in [6, 6.07) is -0.858. The quantitative estimate of drug-likeness (QED) is 0.585. The molecule has 3 aliphatic rings. The standard InChI is InChI=1S/C23H40N4O3/c1-15(2)12-19(26-23(30)20-8-5-11-27(20)21(28)14-24)22(29)25-18-10-9-16-6-3-4-7-17(16)13-18/h15-20H,3-14,24H2,1-2H3,(H,25,29)(H,26,30). The molecule has 2 saturated carbocycles. The van der Waals surface area contributed by atoms with Gasteiger partial charge in [-0.25, -0.2) is 0 Å². The van der Waals surface area contributed by atoms with Gasteiger partial charge in [0, 0.05) is 12.6 Å². The second kappa shape index (κ2) is 10.6. The summed E-state index contributed by atoms with van der Waals surface area (Å²) in [5, 5.41) is 6.20. The molecule has 0 aromatic heterocycles. The molecule has 30 heavy (non-hydrogen) atoms. The molecule has 0 aromatic rings. The number of nitrogens with zero attached hydrogens (tertiary/aromatic N) is 1. The van der Waals surface area contributed by atoms with Gasteiger partial charge >= 0.3 is 0 Å². The molecule has 2 aliphatic carbocycles. The third-order valence-electron chi connectivity index (χ3n) is 7.28. The van der Waals surface area contributed by atoms with E-state index in [2.05, 4.69) is 24.5 Å². The van der Waals surface area contributed by atoms with Crippen molar-refractivity contribution in [3.63, 3.8) is 0 Å². The van der Waals surface area contributed by atoms with E-state index in [0.717, 1.165) is 31.1 Å². The minimum atomic E-state index is -0.558.